The Hall–Kier alpha value is -1.81. The average molecular weight is 420 g/mol. The van der Waals surface area contributed by atoms with Gasteiger partial charge in [-0.05, 0) is 12.2 Å². The van der Waals surface area contributed by atoms with E-state index in [2.05, 4.69) is 0 Å². The minimum absolute atomic E-state index is 0.202. The Bertz CT molecular complexity index is 565. The van der Waals surface area contributed by atoms with Crippen molar-refractivity contribution in [2.75, 3.05) is 18.1 Å². The van der Waals surface area contributed by atoms with Crippen molar-refractivity contribution >= 4 is 35.6 Å². The third-order valence-corrected chi connectivity index (χ3v) is 4.98. The zero-order chi connectivity index (χ0) is 21.3. The van der Waals surface area contributed by atoms with Crippen LogP contribution in [0.25, 0.3) is 0 Å². The molecule has 0 spiro atoms. The molecule has 28 heavy (non-hydrogen) atoms. The van der Waals surface area contributed by atoms with E-state index >= 15 is 0 Å². The van der Waals surface area contributed by atoms with Crippen molar-refractivity contribution in [3.05, 3.63) is 0 Å². The second-order valence-electron chi connectivity index (χ2n) is 6.31. The molecule has 1 aliphatic rings. The molecule has 160 valence electrons. The first-order chi connectivity index (χ1) is 13.1. The van der Waals surface area contributed by atoms with E-state index in [1.165, 1.54) is 27.7 Å². The monoisotopic (exact) mass is 420 g/mol. The van der Waals surface area contributed by atoms with Gasteiger partial charge in [-0.1, -0.05) is 6.92 Å². The predicted molar refractivity (Wildman–Crippen MR) is 99.6 cm³/mol. The number of thioether (sulfide) groups is 1. The summed E-state index contributed by atoms with van der Waals surface area (Å²) in [6, 6.07) is 0. The molecule has 5 atom stereocenters. The van der Waals surface area contributed by atoms with Crippen LogP contribution >= 0.6 is 11.8 Å². The van der Waals surface area contributed by atoms with E-state index in [-0.39, 0.29) is 6.61 Å². The van der Waals surface area contributed by atoms with E-state index in [0.29, 0.717) is 5.75 Å². The van der Waals surface area contributed by atoms with Gasteiger partial charge in [0.2, 0.25) is 0 Å². The third kappa shape index (κ3) is 8.05. The maximum absolute atomic E-state index is 11.7. The van der Waals surface area contributed by atoms with Crippen LogP contribution in [-0.4, -0.2) is 72.5 Å². The lowest BCUT2D eigenvalue weighted by molar-refractivity contribution is -0.248. The molecule has 0 N–H and O–H groups in total. The fraction of sp³-hybridized carbons (Fsp3) is 0.778. The van der Waals surface area contributed by atoms with Gasteiger partial charge >= 0.3 is 23.9 Å². The van der Waals surface area contributed by atoms with Crippen LogP contribution in [0.3, 0.4) is 0 Å². The number of carbonyl (C=O) groups excluding carboxylic acids is 4. The van der Waals surface area contributed by atoms with Crippen LogP contribution in [0.4, 0.5) is 0 Å². The van der Waals surface area contributed by atoms with Gasteiger partial charge < -0.3 is 23.7 Å². The van der Waals surface area contributed by atoms with Crippen LogP contribution in [0, 0.1) is 0 Å². The van der Waals surface area contributed by atoms with Gasteiger partial charge in [-0.2, -0.15) is 11.8 Å². The summed E-state index contributed by atoms with van der Waals surface area (Å²) in [5.41, 5.74) is 0. The Morgan fingerprint density at radius 2 is 1.29 bits per heavy atom. The van der Waals surface area contributed by atoms with Crippen LogP contribution in [0.2, 0.25) is 0 Å². The molecule has 0 saturated carbocycles. The minimum Gasteiger partial charge on any atom is -0.463 e. The molecule has 1 heterocycles. The van der Waals surface area contributed by atoms with Crippen molar-refractivity contribution < 1.29 is 42.9 Å². The summed E-state index contributed by atoms with van der Waals surface area (Å²) in [6.07, 6.45) is -3.74. The average Bonchev–Trinajstić information content (AvgIpc) is 2.57. The highest BCUT2D eigenvalue weighted by atomic mass is 32.2. The zero-order valence-electron chi connectivity index (χ0n) is 16.8. The SMILES string of the molecule is CCCSC[C@@H]1O[C@H](COC(C)=O)[C@H](OC(C)=O)[C@H](OC(C)=O)[C@H]1OC(C)=O. The second kappa shape index (κ2) is 11.9. The van der Waals surface area contributed by atoms with Gasteiger partial charge in [-0.15, -0.1) is 0 Å². The topological polar surface area (TPSA) is 114 Å². The molecule has 10 heteroatoms. The highest BCUT2D eigenvalue weighted by Crippen LogP contribution is 2.31. The normalized spacial score (nSPS) is 26.8. The van der Waals surface area contributed by atoms with E-state index < -0.39 is 54.4 Å². The van der Waals surface area contributed by atoms with Crippen molar-refractivity contribution in [3.8, 4) is 0 Å². The van der Waals surface area contributed by atoms with Crippen molar-refractivity contribution in [3.63, 3.8) is 0 Å². The largest absolute Gasteiger partial charge is 0.463 e. The molecule has 9 nitrogen and oxygen atoms in total. The van der Waals surface area contributed by atoms with E-state index in [9.17, 15) is 19.2 Å². The van der Waals surface area contributed by atoms with Crippen LogP contribution in [0.1, 0.15) is 41.0 Å². The van der Waals surface area contributed by atoms with Crippen LogP contribution in [0.15, 0.2) is 0 Å². The zero-order valence-corrected chi connectivity index (χ0v) is 17.6. The summed E-state index contributed by atoms with van der Waals surface area (Å²) < 4.78 is 27.1. The van der Waals surface area contributed by atoms with Gasteiger partial charge in [0.25, 0.3) is 0 Å². The molecule has 1 fully saturated rings. The van der Waals surface area contributed by atoms with Crippen molar-refractivity contribution in [2.24, 2.45) is 0 Å². The van der Waals surface area contributed by atoms with E-state index in [0.717, 1.165) is 12.2 Å². The summed E-state index contributed by atoms with van der Waals surface area (Å²) in [7, 11) is 0. The lowest BCUT2D eigenvalue weighted by Crippen LogP contribution is -2.63. The van der Waals surface area contributed by atoms with Gasteiger partial charge in [-0.3, -0.25) is 19.2 Å². The first kappa shape index (κ1) is 24.2. The molecule has 0 radical (unpaired) electrons. The van der Waals surface area contributed by atoms with Crippen LogP contribution in [0.5, 0.6) is 0 Å². The van der Waals surface area contributed by atoms with Crippen molar-refractivity contribution in [2.45, 2.75) is 71.6 Å². The minimum atomic E-state index is -1.10. The molecule has 1 aliphatic heterocycles. The van der Waals surface area contributed by atoms with Crippen molar-refractivity contribution in [1.29, 1.82) is 0 Å². The Kier molecular flexibility index (Phi) is 10.3. The molecule has 0 aliphatic carbocycles. The summed E-state index contributed by atoms with van der Waals surface area (Å²) in [4.78, 5) is 46.2. The van der Waals surface area contributed by atoms with Crippen LogP contribution in [-0.2, 0) is 42.9 Å². The van der Waals surface area contributed by atoms with E-state index in [4.69, 9.17) is 23.7 Å². The molecule has 1 rings (SSSR count). The molecule has 0 bridgehead atoms. The smallest absolute Gasteiger partial charge is 0.303 e. The maximum Gasteiger partial charge on any atom is 0.303 e. The standard InChI is InChI=1S/C18H28O9S/c1-6-7-28-9-15-17(25-12(4)21)18(26-13(5)22)16(24-11(3)20)14(27-15)8-23-10(2)19/h14-18H,6-9H2,1-5H3/t14-,15+,16+,17+,18+/m1/s1. The number of hydrogen-bond donors (Lipinski definition) is 0. The van der Waals surface area contributed by atoms with E-state index in [1.807, 2.05) is 6.92 Å². The number of carbonyl (C=O) groups is 4. The Labute approximate surface area is 168 Å². The Morgan fingerprint density at radius 3 is 1.75 bits per heavy atom. The highest BCUT2D eigenvalue weighted by Gasteiger charge is 2.51. The van der Waals surface area contributed by atoms with Gasteiger partial charge in [-0.25, -0.2) is 0 Å². The lowest BCUT2D eigenvalue weighted by Gasteiger charge is -2.44. The Balaban J connectivity index is 3.21. The van der Waals surface area contributed by atoms with Gasteiger partial charge in [0.05, 0.1) is 0 Å². The fourth-order valence-corrected chi connectivity index (χ4v) is 3.75. The number of hydrogen-bond acceptors (Lipinski definition) is 10. The Morgan fingerprint density at radius 1 is 0.786 bits per heavy atom. The van der Waals surface area contributed by atoms with Crippen LogP contribution < -0.4 is 0 Å². The molecular weight excluding hydrogens is 392 g/mol. The molecule has 0 aromatic carbocycles. The van der Waals surface area contributed by atoms with Gasteiger partial charge in [0.15, 0.2) is 18.3 Å². The van der Waals surface area contributed by atoms with Crippen molar-refractivity contribution in [1.82, 2.24) is 0 Å². The number of ether oxygens (including phenoxy) is 5. The quantitative estimate of drug-likeness (QED) is 0.307. The molecule has 0 unspecified atom stereocenters. The summed E-state index contributed by atoms with van der Waals surface area (Å²) >= 11 is 1.58. The number of rotatable bonds is 9. The lowest BCUT2D eigenvalue weighted by atomic mass is 9.95. The first-order valence-corrected chi connectivity index (χ1v) is 10.2. The highest BCUT2D eigenvalue weighted by molar-refractivity contribution is 7.99. The molecule has 0 aromatic rings. The van der Waals surface area contributed by atoms with Gasteiger partial charge in [0.1, 0.15) is 18.8 Å². The second-order valence-corrected chi connectivity index (χ2v) is 7.46. The number of esters is 4. The summed E-state index contributed by atoms with van der Waals surface area (Å²) in [5, 5.41) is 0. The summed E-state index contributed by atoms with van der Waals surface area (Å²) in [5.74, 6) is -1.09. The van der Waals surface area contributed by atoms with Gasteiger partial charge in [0, 0.05) is 33.4 Å². The molecule has 0 amide bonds. The summed E-state index contributed by atoms with van der Waals surface area (Å²) in [6.45, 7) is 6.69. The molecule has 0 aromatic heterocycles. The first-order valence-electron chi connectivity index (χ1n) is 9.03. The predicted octanol–water partition coefficient (Wildman–Crippen LogP) is 1.26. The van der Waals surface area contributed by atoms with E-state index in [1.54, 1.807) is 11.8 Å². The maximum atomic E-state index is 11.7. The molecule has 1 saturated heterocycles. The third-order valence-electron chi connectivity index (χ3n) is 3.72. The molecular formula is C18H28O9S. The fourth-order valence-electron chi connectivity index (χ4n) is 2.80.